The minimum Gasteiger partial charge on any atom is -0.342 e. The number of hydrogen-bond donors (Lipinski definition) is 0. The van der Waals surface area contributed by atoms with E-state index in [-0.39, 0.29) is 18.4 Å². The van der Waals surface area contributed by atoms with Gasteiger partial charge < -0.3 is 9.80 Å². The first-order chi connectivity index (χ1) is 12.0. The van der Waals surface area contributed by atoms with Crippen LogP contribution in [-0.4, -0.2) is 58.1 Å². The minimum atomic E-state index is -0.215. The lowest BCUT2D eigenvalue weighted by Crippen LogP contribution is -2.40. The summed E-state index contributed by atoms with van der Waals surface area (Å²) in [6.45, 7) is 5.22. The van der Waals surface area contributed by atoms with Gasteiger partial charge in [-0.2, -0.15) is 5.10 Å². The highest BCUT2D eigenvalue weighted by Gasteiger charge is 2.14. The number of likely N-dealkylation sites (N-methyl/N-ethyl adjacent to an activating group) is 2. The Morgan fingerprint density at radius 3 is 2.48 bits per heavy atom. The third-order valence-electron chi connectivity index (χ3n) is 3.91. The van der Waals surface area contributed by atoms with Gasteiger partial charge in [-0.15, -0.1) is 0 Å². The highest BCUT2D eigenvalue weighted by Crippen LogP contribution is 2.09. The van der Waals surface area contributed by atoms with Crippen molar-refractivity contribution in [2.75, 3.05) is 26.7 Å². The van der Waals surface area contributed by atoms with Crippen LogP contribution in [0.2, 0.25) is 0 Å². The van der Waals surface area contributed by atoms with E-state index in [0.717, 1.165) is 11.3 Å². The normalized spacial score (nSPS) is 10.8. The second kappa shape index (κ2) is 8.82. The predicted molar refractivity (Wildman–Crippen MR) is 98.2 cm³/mol. The van der Waals surface area contributed by atoms with E-state index in [1.165, 1.54) is 11.0 Å². The first kappa shape index (κ1) is 18.4. The zero-order valence-electron chi connectivity index (χ0n) is 14.9. The summed E-state index contributed by atoms with van der Waals surface area (Å²) in [5.41, 5.74) is 1.77. The number of para-hydroxylation sites is 1. The summed E-state index contributed by atoms with van der Waals surface area (Å²) in [5.74, 6) is -0.265. The van der Waals surface area contributed by atoms with Crippen molar-refractivity contribution in [3.63, 3.8) is 0 Å². The van der Waals surface area contributed by atoms with E-state index in [4.69, 9.17) is 0 Å². The molecule has 6 nitrogen and oxygen atoms in total. The van der Waals surface area contributed by atoms with Gasteiger partial charge in [0.2, 0.25) is 11.8 Å². The Balaban J connectivity index is 1.96. The van der Waals surface area contributed by atoms with Crippen LogP contribution in [0.4, 0.5) is 0 Å². The molecule has 0 fully saturated rings. The Morgan fingerprint density at radius 2 is 1.84 bits per heavy atom. The molecular weight excluding hydrogens is 316 g/mol. The molecule has 0 atom stereocenters. The molecule has 0 aliphatic rings. The molecule has 0 saturated carbocycles. The zero-order valence-corrected chi connectivity index (χ0v) is 14.9. The highest BCUT2D eigenvalue weighted by atomic mass is 16.2. The van der Waals surface area contributed by atoms with Crippen molar-refractivity contribution in [1.82, 2.24) is 19.6 Å². The summed E-state index contributed by atoms with van der Waals surface area (Å²) in [6.07, 6.45) is 6.70. The van der Waals surface area contributed by atoms with Gasteiger partial charge in [0.25, 0.3) is 0 Å². The number of hydrogen-bond acceptors (Lipinski definition) is 3. The second-order valence-corrected chi connectivity index (χ2v) is 5.65. The Hall–Kier alpha value is -2.89. The van der Waals surface area contributed by atoms with Crippen LogP contribution in [0.1, 0.15) is 19.4 Å². The molecule has 0 unspecified atom stereocenters. The number of rotatable bonds is 7. The molecule has 1 aromatic heterocycles. The second-order valence-electron chi connectivity index (χ2n) is 5.65. The quantitative estimate of drug-likeness (QED) is 0.726. The van der Waals surface area contributed by atoms with Gasteiger partial charge in [-0.3, -0.25) is 9.59 Å². The molecule has 25 heavy (non-hydrogen) atoms. The van der Waals surface area contributed by atoms with Crippen molar-refractivity contribution in [1.29, 1.82) is 0 Å². The van der Waals surface area contributed by atoms with Crippen LogP contribution in [0.5, 0.6) is 0 Å². The first-order valence-corrected chi connectivity index (χ1v) is 8.36. The molecule has 2 aromatic rings. The number of aromatic nitrogens is 2. The molecule has 0 aliphatic carbocycles. The third kappa shape index (κ3) is 5.04. The van der Waals surface area contributed by atoms with Crippen molar-refractivity contribution in [2.45, 2.75) is 13.8 Å². The summed E-state index contributed by atoms with van der Waals surface area (Å²) in [4.78, 5) is 27.3. The Labute approximate surface area is 148 Å². The standard InChI is InChI=1S/C19H24N4O2/c1-4-22(5-2)19(25)15-21(3)18(24)12-11-16-13-20-23(14-16)17-9-7-6-8-10-17/h6-14H,4-5,15H2,1-3H3/b12-11+. The molecular formula is C19H24N4O2. The van der Waals surface area contributed by atoms with Gasteiger partial charge in [-0.05, 0) is 32.1 Å². The fourth-order valence-corrected chi connectivity index (χ4v) is 2.40. The largest absolute Gasteiger partial charge is 0.342 e. The number of amides is 2. The minimum absolute atomic E-state index is 0.0499. The number of benzene rings is 1. The smallest absolute Gasteiger partial charge is 0.246 e. The van der Waals surface area contributed by atoms with Gasteiger partial charge >= 0.3 is 0 Å². The lowest BCUT2D eigenvalue weighted by molar-refractivity contribution is -0.136. The molecule has 0 spiro atoms. The summed E-state index contributed by atoms with van der Waals surface area (Å²) in [5, 5.41) is 4.28. The molecule has 0 N–H and O–H groups in total. The van der Waals surface area contributed by atoms with E-state index >= 15 is 0 Å². The van der Waals surface area contributed by atoms with E-state index in [2.05, 4.69) is 5.10 Å². The van der Waals surface area contributed by atoms with E-state index in [1.54, 1.807) is 28.9 Å². The predicted octanol–water partition coefficient (Wildman–Crippen LogP) is 2.21. The van der Waals surface area contributed by atoms with Gasteiger partial charge in [0, 0.05) is 38.0 Å². The fourth-order valence-electron chi connectivity index (χ4n) is 2.40. The zero-order chi connectivity index (χ0) is 18.2. The first-order valence-electron chi connectivity index (χ1n) is 8.36. The molecule has 0 saturated heterocycles. The van der Waals surface area contributed by atoms with Crippen LogP contribution in [0.3, 0.4) is 0 Å². The van der Waals surface area contributed by atoms with Crippen LogP contribution in [0, 0.1) is 0 Å². The fraction of sp³-hybridized carbons (Fsp3) is 0.316. The van der Waals surface area contributed by atoms with Gasteiger partial charge in [-0.1, -0.05) is 18.2 Å². The summed E-state index contributed by atoms with van der Waals surface area (Å²) in [6, 6.07) is 9.74. The molecule has 2 amide bonds. The monoisotopic (exact) mass is 340 g/mol. The molecule has 1 heterocycles. The van der Waals surface area contributed by atoms with Crippen molar-refractivity contribution in [3.05, 3.63) is 54.4 Å². The number of carbonyl (C=O) groups excluding carboxylic acids is 2. The Bertz CT molecular complexity index is 733. The number of nitrogens with zero attached hydrogens (tertiary/aromatic N) is 4. The van der Waals surface area contributed by atoms with Crippen LogP contribution in [0.15, 0.2) is 48.8 Å². The van der Waals surface area contributed by atoms with Gasteiger partial charge in [0.15, 0.2) is 0 Å². The summed E-state index contributed by atoms with van der Waals surface area (Å²) in [7, 11) is 1.63. The maximum absolute atomic E-state index is 12.2. The van der Waals surface area contributed by atoms with Crippen molar-refractivity contribution in [2.24, 2.45) is 0 Å². The van der Waals surface area contributed by atoms with Crippen molar-refractivity contribution in [3.8, 4) is 5.69 Å². The van der Waals surface area contributed by atoms with E-state index < -0.39 is 0 Å². The van der Waals surface area contributed by atoms with Gasteiger partial charge in [0.1, 0.15) is 0 Å². The average molecular weight is 340 g/mol. The lowest BCUT2D eigenvalue weighted by atomic mass is 10.3. The average Bonchev–Trinajstić information content (AvgIpc) is 3.10. The van der Waals surface area contributed by atoms with Crippen LogP contribution >= 0.6 is 0 Å². The summed E-state index contributed by atoms with van der Waals surface area (Å²) >= 11 is 0. The lowest BCUT2D eigenvalue weighted by Gasteiger charge is -2.22. The van der Waals surface area contributed by atoms with Crippen molar-refractivity contribution < 1.29 is 9.59 Å². The van der Waals surface area contributed by atoms with Crippen molar-refractivity contribution >= 4 is 17.9 Å². The van der Waals surface area contributed by atoms with Gasteiger partial charge in [0.05, 0.1) is 18.4 Å². The number of carbonyl (C=O) groups is 2. The van der Waals surface area contributed by atoms with E-state index in [9.17, 15) is 9.59 Å². The Morgan fingerprint density at radius 1 is 1.16 bits per heavy atom. The molecule has 2 rings (SSSR count). The highest BCUT2D eigenvalue weighted by molar-refractivity contribution is 5.94. The van der Waals surface area contributed by atoms with Crippen LogP contribution < -0.4 is 0 Å². The maximum Gasteiger partial charge on any atom is 0.246 e. The molecule has 0 aliphatic heterocycles. The van der Waals surface area contributed by atoms with Gasteiger partial charge in [-0.25, -0.2) is 4.68 Å². The molecule has 132 valence electrons. The topological polar surface area (TPSA) is 58.4 Å². The molecule has 6 heteroatoms. The molecule has 0 bridgehead atoms. The van der Waals surface area contributed by atoms with Crippen LogP contribution in [-0.2, 0) is 9.59 Å². The van der Waals surface area contributed by atoms with E-state index in [0.29, 0.717) is 13.1 Å². The summed E-state index contributed by atoms with van der Waals surface area (Å²) < 4.78 is 1.75. The SMILES string of the molecule is CCN(CC)C(=O)CN(C)C(=O)/C=C/c1cnn(-c2ccccc2)c1. The third-order valence-corrected chi connectivity index (χ3v) is 3.91. The van der Waals surface area contributed by atoms with E-state index in [1.807, 2.05) is 50.4 Å². The Kier molecular flexibility index (Phi) is 6.51. The molecule has 0 radical (unpaired) electrons. The maximum atomic E-state index is 12.2. The molecule has 1 aromatic carbocycles. The van der Waals surface area contributed by atoms with Crippen LogP contribution in [0.25, 0.3) is 11.8 Å².